The third-order valence-corrected chi connectivity index (χ3v) is 4.25. The van der Waals surface area contributed by atoms with Crippen molar-refractivity contribution in [3.8, 4) is 0 Å². The Balaban J connectivity index is 2.95. The lowest BCUT2D eigenvalue weighted by Crippen LogP contribution is -2.56. The molecule has 0 heterocycles. The molecule has 1 unspecified atom stereocenters. The third-order valence-electron chi connectivity index (χ3n) is 3.90. The van der Waals surface area contributed by atoms with Gasteiger partial charge in [-0.3, -0.25) is 0 Å². The van der Waals surface area contributed by atoms with E-state index in [9.17, 15) is 4.39 Å². The summed E-state index contributed by atoms with van der Waals surface area (Å²) in [5, 5.41) is 4.00. The molecule has 0 aliphatic heterocycles. The summed E-state index contributed by atoms with van der Waals surface area (Å²) >= 11 is 6.12. The van der Waals surface area contributed by atoms with Crippen LogP contribution in [0.15, 0.2) is 18.2 Å². The summed E-state index contributed by atoms with van der Waals surface area (Å²) in [7, 11) is 4.13. The second-order valence-corrected chi connectivity index (χ2v) is 6.01. The molecule has 108 valence electrons. The molecule has 1 aromatic rings. The number of nitrogens with zero attached hydrogens (tertiary/aromatic N) is 1. The summed E-state index contributed by atoms with van der Waals surface area (Å²) in [5.41, 5.74) is 0.956. The summed E-state index contributed by atoms with van der Waals surface area (Å²) in [6.45, 7) is 7.36. The first-order valence-electron chi connectivity index (χ1n) is 6.63. The predicted molar refractivity (Wildman–Crippen MR) is 80.3 cm³/mol. The maximum atomic E-state index is 13.1. The highest BCUT2D eigenvalue weighted by Crippen LogP contribution is 2.24. The molecule has 0 amide bonds. The smallest absolute Gasteiger partial charge is 0.124 e. The number of halogens is 2. The molecule has 0 saturated carbocycles. The van der Waals surface area contributed by atoms with Gasteiger partial charge in [-0.1, -0.05) is 24.6 Å². The molecule has 0 fully saturated rings. The second-order valence-electron chi connectivity index (χ2n) is 5.60. The average molecular weight is 287 g/mol. The molecule has 4 heteroatoms. The van der Waals surface area contributed by atoms with Gasteiger partial charge in [-0.2, -0.15) is 0 Å². The van der Waals surface area contributed by atoms with Crippen molar-refractivity contribution in [3.63, 3.8) is 0 Å². The van der Waals surface area contributed by atoms with E-state index in [1.54, 1.807) is 6.07 Å². The van der Waals surface area contributed by atoms with Gasteiger partial charge in [0.15, 0.2) is 0 Å². The lowest BCUT2D eigenvalue weighted by atomic mass is 9.88. The van der Waals surface area contributed by atoms with Gasteiger partial charge in [0.25, 0.3) is 0 Å². The summed E-state index contributed by atoms with van der Waals surface area (Å²) in [4.78, 5) is 2.19. The molecule has 1 aromatic carbocycles. The van der Waals surface area contributed by atoms with E-state index in [4.69, 9.17) is 11.6 Å². The van der Waals surface area contributed by atoms with Gasteiger partial charge in [0.2, 0.25) is 0 Å². The Kier molecular flexibility index (Phi) is 5.78. The van der Waals surface area contributed by atoms with Gasteiger partial charge in [-0.15, -0.1) is 0 Å². The Bertz CT molecular complexity index is 419. The van der Waals surface area contributed by atoms with Crippen LogP contribution >= 0.6 is 11.6 Å². The van der Waals surface area contributed by atoms with Crippen molar-refractivity contribution in [3.05, 3.63) is 34.6 Å². The molecule has 2 nitrogen and oxygen atoms in total. The molecule has 0 saturated heterocycles. The van der Waals surface area contributed by atoms with Crippen LogP contribution in [-0.4, -0.2) is 37.1 Å². The van der Waals surface area contributed by atoms with Gasteiger partial charge in [-0.25, -0.2) is 4.39 Å². The number of rotatable bonds is 6. The molecule has 1 rings (SSSR count). The maximum absolute atomic E-state index is 13.1. The van der Waals surface area contributed by atoms with E-state index in [-0.39, 0.29) is 17.4 Å². The zero-order valence-corrected chi connectivity index (χ0v) is 13.2. The van der Waals surface area contributed by atoms with Crippen molar-refractivity contribution in [2.24, 2.45) is 0 Å². The molecule has 0 spiro atoms. The van der Waals surface area contributed by atoms with Crippen molar-refractivity contribution in [1.82, 2.24) is 10.2 Å². The minimum Gasteiger partial charge on any atom is -0.312 e. The van der Waals surface area contributed by atoms with Gasteiger partial charge < -0.3 is 10.2 Å². The lowest BCUT2D eigenvalue weighted by Gasteiger charge is -2.41. The fourth-order valence-corrected chi connectivity index (χ4v) is 2.28. The van der Waals surface area contributed by atoms with Crippen LogP contribution in [0.1, 0.15) is 26.3 Å². The number of hydrogen-bond donors (Lipinski definition) is 1. The Labute approximate surface area is 120 Å². The van der Waals surface area contributed by atoms with E-state index in [2.05, 4.69) is 45.1 Å². The van der Waals surface area contributed by atoms with Crippen molar-refractivity contribution < 1.29 is 4.39 Å². The van der Waals surface area contributed by atoms with E-state index in [0.717, 1.165) is 18.5 Å². The Morgan fingerprint density at radius 2 is 2.00 bits per heavy atom. The van der Waals surface area contributed by atoms with Crippen LogP contribution in [0.3, 0.4) is 0 Å². The summed E-state index contributed by atoms with van der Waals surface area (Å²) in [5.74, 6) is -0.291. The Hall–Kier alpha value is -0.640. The van der Waals surface area contributed by atoms with E-state index in [0.29, 0.717) is 5.02 Å². The average Bonchev–Trinajstić information content (AvgIpc) is 2.31. The van der Waals surface area contributed by atoms with Gasteiger partial charge in [-0.05, 0) is 58.6 Å². The first kappa shape index (κ1) is 16.4. The lowest BCUT2D eigenvalue weighted by molar-refractivity contribution is 0.138. The van der Waals surface area contributed by atoms with E-state index >= 15 is 0 Å². The Morgan fingerprint density at radius 3 is 2.47 bits per heavy atom. The van der Waals surface area contributed by atoms with Crippen LogP contribution in [0, 0.1) is 5.82 Å². The molecule has 0 aromatic heterocycles. The second kappa shape index (κ2) is 6.69. The van der Waals surface area contributed by atoms with Crippen LogP contribution in [-0.2, 0) is 6.42 Å². The van der Waals surface area contributed by atoms with Gasteiger partial charge in [0.1, 0.15) is 5.82 Å². The normalized spacial score (nSPS) is 13.9. The van der Waals surface area contributed by atoms with E-state index in [1.165, 1.54) is 12.1 Å². The van der Waals surface area contributed by atoms with Crippen LogP contribution < -0.4 is 5.32 Å². The predicted octanol–water partition coefficient (Wildman–Crippen LogP) is 3.34. The largest absolute Gasteiger partial charge is 0.312 e. The molecular weight excluding hydrogens is 263 g/mol. The zero-order chi connectivity index (χ0) is 14.6. The first-order valence-corrected chi connectivity index (χ1v) is 7.01. The molecule has 0 aliphatic carbocycles. The minimum atomic E-state index is -0.291. The molecule has 0 bridgehead atoms. The Morgan fingerprint density at radius 1 is 1.37 bits per heavy atom. The molecular formula is C15H24ClFN2. The highest BCUT2D eigenvalue weighted by Gasteiger charge is 2.31. The van der Waals surface area contributed by atoms with Crippen LogP contribution in [0.4, 0.5) is 4.39 Å². The van der Waals surface area contributed by atoms with E-state index < -0.39 is 0 Å². The van der Waals surface area contributed by atoms with Gasteiger partial charge >= 0.3 is 0 Å². The number of likely N-dealkylation sites (N-methyl/N-ethyl adjacent to an activating group) is 2. The SMILES string of the molecule is CCNC(Cc1ccc(F)cc1Cl)C(C)(C)N(C)C. The van der Waals surface area contributed by atoms with Gasteiger partial charge in [0.05, 0.1) is 0 Å². The summed E-state index contributed by atoms with van der Waals surface area (Å²) in [6, 6.07) is 4.86. The van der Waals surface area contributed by atoms with Crippen molar-refractivity contribution >= 4 is 11.6 Å². The standard InChI is InChI=1S/C15H24ClFN2/c1-6-18-14(15(2,3)19(4)5)9-11-7-8-12(17)10-13(11)16/h7-8,10,14,18H,6,9H2,1-5H3. The number of nitrogens with one attached hydrogen (secondary N) is 1. The highest BCUT2D eigenvalue weighted by atomic mass is 35.5. The van der Waals surface area contributed by atoms with Crippen molar-refractivity contribution in [2.75, 3.05) is 20.6 Å². The fourth-order valence-electron chi connectivity index (χ4n) is 2.04. The monoisotopic (exact) mass is 286 g/mol. The topological polar surface area (TPSA) is 15.3 Å². The van der Waals surface area contributed by atoms with Gasteiger partial charge in [0, 0.05) is 16.6 Å². The fraction of sp³-hybridized carbons (Fsp3) is 0.600. The first-order chi connectivity index (χ1) is 8.78. The highest BCUT2D eigenvalue weighted by molar-refractivity contribution is 6.31. The quantitative estimate of drug-likeness (QED) is 0.863. The van der Waals surface area contributed by atoms with Crippen LogP contribution in [0.2, 0.25) is 5.02 Å². The number of hydrogen-bond acceptors (Lipinski definition) is 2. The molecule has 1 atom stereocenters. The van der Waals surface area contributed by atoms with Crippen molar-refractivity contribution in [2.45, 2.75) is 38.8 Å². The summed E-state index contributed by atoms with van der Waals surface area (Å²) < 4.78 is 13.1. The minimum absolute atomic E-state index is 0.0201. The van der Waals surface area contributed by atoms with Crippen LogP contribution in [0.5, 0.6) is 0 Å². The van der Waals surface area contributed by atoms with Crippen LogP contribution in [0.25, 0.3) is 0 Å². The molecule has 1 N–H and O–H groups in total. The molecule has 0 aliphatic rings. The third kappa shape index (κ3) is 4.16. The molecule has 19 heavy (non-hydrogen) atoms. The summed E-state index contributed by atoms with van der Waals surface area (Å²) in [6.07, 6.45) is 0.776. The molecule has 0 radical (unpaired) electrons. The maximum Gasteiger partial charge on any atom is 0.124 e. The van der Waals surface area contributed by atoms with Crippen molar-refractivity contribution in [1.29, 1.82) is 0 Å². The zero-order valence-electron chi connectivity index (χ0n) is 12.4. The number of benzene rings is 1. The van der Waals surface area contributed by atoms with E-state index in [1.807, 2.05) is 0 Å².